The van der Waals surface area contributed by atoms with Crippen LogP contribution < -0.4 is 0 Å². The lowest BCUT2D eigenvalue weighted by Crippen LogP contribution is -2.51. The van der Waals surface area contributed by atoms with E-state index < -0.39 is 5.38 Å². The van der Waals surface area contributed by atoms with Gasteiger partial charge >= 0.3 is 5.97 Å². The lowest BCUT2D eigenvalue weighted by Gasteiger charge is -2.58. The molecule has 3 saturated carbocycles. The number of fused-ring (bicyclic) bond motifs is 5. The van der Waals surface area contributed by atoms with Gasteiger partial charge in [0.1, 0.15) is 11.5 Å². The fraction of sp³-hybridized carbons (Fsp3) is 0.917. The predicted octanol–water partition coefficient (Wildman–Crippen LogP) is 10.9. The molecule has 0 N–H and O–H groups in total. The lowest BCUT2D eigenvalue weighted by molar-refractivity contribution is -0.151. The number of carbonyl (C=O) groups excluding carboxylic acids is 1. The summed E-state index contributed by atoms with van der Waals surface area (Å²) in [6.45, 7) is 14.8. The Kier molecular flexibility index (Phi) is 11.0. The molecule has 0 bridgehead atoms. The Morgan fingerprint density at radius 2 is 1.72 bits per heavy atom. The first-order chi connectivity index (χ1) is 18.6. The van der Waals surface area contributed by atoms with Gasteiger partial charge in [-0.25, -0.2) is 0 Å². The third-order valence-corrected chi connectivity index (χ3v) is 12.8. The van der Waals surface area contributed by atoms with Crippen molar-refractivity contribution in [2.75, 3.05) is 0 Å². The van der Waals surface area contributed by atoms with Crippen LogP contribution >= 0.6 is 11.6 Å². The average Bonchev–Trinajstić information content (AvgIpc) is 3.25. The minimum atomic E-state index is -0.483. The normalized spacial score (nSPS) is 37.4. The van der Waals surface area contributed by atoms with Crippen molar-refractivity contribution in [3.8, 4) is 0 Å². The van der Waals surface area contributed by atoms with Crippen LogP contribution in [0.25, 0.3) is 0 Å². The Morgan fingerprint density at radius 3 is 2.46 bits per heavy atom. The number of alkyl halides is 1. The second-order valence-electron chi connectivity index (χ2n) is 15.3. The van der Waals surface area contributed by atoms with Crippen LogP contribution in [0.5, 0.6) is 0 Å². The van der Waals surface area contributed by atoms with Crippen LogP contribution in [0, 0.1) is 46.3 Å². The van der Waals surface area contributed by atoms with Gasteiger partial charge in [-0.3, -0.25) is 4.79 Å². The van der Waals surface area contributed by atoms with Crippen LogP contribution in [-0.4, -0.2) is 17.5 Å². The van der Waals surface area contributed by atoms with Crippen LogP contribution in [0.1, 0.15) is 151 Å². The quantitative estimate of drug-likeness (QED) is 0.0968. The summed E-state index contributed by atoms with van der Waals surface area (Å²) in [7, 11) is 0. The SMILES string of the molecule is CCCCCCC[C@@H](Cl)C(=O)O[C@@H]1CC[C@@]2(C)C(=CC[C@H]3[C@@H]4CC[C@H]([C@@H](C)CCCC(C)C)[C@@]4(C)CC[C@@H]32)C1. The zero-order chi connectivity index (χ0) is 28.2. The molecule has 2 nitrogen and oxygen atoms in total. The molecular formula is C36H61ClO2. The van der Waals surface area contributed by atoms with E-state index in [-0.39, 0.29) is 12.1 Å². The molecule has 4 aliphatic rings. The molecule has 3 heteroatoms. The monoisotopic (exact) mass is 560 g/mol. The maximum absolute atomic E-state index is 12.8. The molecule has 0 saturated heterocycles. The topological polar surface area (TPSA) is 26.3 Å². The van der Waals surface area contributed by atoms with E-state index in [1.54, 1.807) is 5.57 Å². The molecule has 0 aromatic rings. The Hall–Kier alpha value is -0.500. The second kappa shape index (κ2) is 13.6. The maximum atomic E-state index is 12.8. The van der Waals surface area contributed by atoms with E-state index in [2.05, 4.69) is 47.6 Å². The molecule has 0 spiro atoms. The van der Waals surface area contributed by atoms with Crippen molar-refractivity contribution in [3.05, 3.63) is 11.6 Å². The highest BCUT2D eigenvalue weighted by Gasteiger charge is 2.59. The Bertz CT molecular complexity index is 834. The molecule has 0 aliphatic heterocycles. The van der Waals surface area contributed by atoms with Gasteiger partial charge in [-0.15, -0.1) is 11.6 Å². The van der Waals surface area contributed by atoms with Gasteiger partial charge in [-0.05, 0) is 97.7 Å². The molecule has 9 atom stereocenters. The minimum Gasteiger partial charge on any atom is -0.461 e. The summed E-state index contributed by atoms with van der Waals surface area (Å²) < 4.78 is 6.02. The summed E-state index contributed by atoms with van der Waals surface area (Å²) in [5.74, 6) is 5.00. The number of rotatable bonds is 13. The Morgan fingerprint density at radius 1 is 0.949 bits per heavy atom. The van der Waals surface area contributed by atoms with Gasteiger partial charge in [-0.2, -0.15) is 0 Å². The number of esters is 1. The molecule has 224 valence electrons. The highest BCUT2D eigenvalue weighted by Crippen LogP contribution is 2.67. The van der Waals surface area contributed by atoms with Gasteiger partial charge < -0.3 is 4.74 Å². The highest BCUT2D eigenvalue weighted by atomic mass is 35.5. The number of ether oxygens (including phenoxy) is 1. The molecule has 0 radical (unpaired) electrons. The third kappa shape index (κ3) is 6.94. The first-order valence-electron chi connectivity index (χ1n) is 17.1. The largest absolute Gasteiger partial charge is 0.461 e. The van der Waals surface area contributed by atoms with Gasteiger partial charge in [0, 0.05) is 6.42 Å². The number of hydrogen-bond acceptors (Lipinski definition) is 2. The van der Waals surface area contributed by atoms with Crippen molar-refractivity contribution in [1.29, 1.82) is 0 Å². The van der Waals surface area contributed by atoms with Crippen molar-refractivity contribution in [2.45, 2.75) is 162 Å². The van der Waals surface area contributed by atoms with Crippen LogP contribution in [0.4, 0.5) is 0 Å². The fourth-order valence-corrected chi connectivity index (χ4v) is 10.2. The van der Waals surface area contributed by atoms with Gasteiger partial charge in [0.05, 0.1) is 0 Å². The molecular weight excluding hydrogens is 500 g/mol. The molecule has 0 unspecified atom stereocenters. The number of unbranched alkanes of at least 4 members (excludes halogenated alkanes) is 4. The van der Waals surface area contributed by atoms with Crippen molar-refractivity contribution in [2.24, 2.45) is 46.3 Å². The van der Waals surface area contributed by atoms with Crippen molar-refractivity contribution in [1.82, 2.24) is 0 Å². The van der Waals surface area contributed by atoms with Gasteiger partial charge in [0.2, 0.25) is 0 Å². The van der Waals surface area contributed by atoms with E-state index in [9.17, 15) is 4.79 Å². The summed E-state index contributed by atoms with van der Waals surface area (Å²) in [5, 5.41) is -0.483. The zero-order valence-electron chi connectivity index (χ0n) is 26.4. The molecule has 0 aromatic carbocycles. The van der Waals surface area contributed by atoms with Crippen LogP contribution in [-0.2, 0) is 9.53 Å². The van der Waals surface area contributed by atoms with E-state index in [0.29, 0.717) is 10.8 Å². The van der Waals surface area contributed by atoms with Gasteiger partial charge in [0.25, 0.3) is 0 Å². The molecule has 39 heavy (non-hydrogen) atoms. The lowest BCUT2D eigenvalue weighted by atomic mass is 9.47. The fourth-order valence-electron chi connectivity index (χ4n) is 10.0. The molecule has 0 amide bonds. The summed E-state index contributed by atoms with van der Waals surface area (Å²) in [6, 6.07) is 0. The van der Waals surface area contributed by atoms with E-state index >= 15 is 0 Å². The zero-order valence-corrected chi connectivity index (χ0v) is 27.2. The number of halogens is 1. The van der Waals surface area contributed by atoms with Crippen LogP contribution in [0.15, 0.2) is 11.6 Å². The second-order valence-corrected chi connectivity index (χ2v) is 15.8. The minimum absolute atomic E-state index is 0.0196. The third-order valence-electron chi connectivity index (χ3n) is 12.4. The molecule has 4 aliphatic carbocycles. The molecule has 3 fully saturated rings. The predicted molar refractivity (Wildman–Crippen MR) is 166 cm³/mol. The van der Waals surface area contributed by atoms with E-state index in [0.717, 1.165) is 61.2 Å². The van der Waals surface area contributed by atoms with Gasteiger partial charge in [0.15, 0.2) is 0 Å². The number of hydrogen-bond donors (Lipinski definition) is 0. The Labute approximate surface area is 246 Å². The van der Waals surface area contributed by atoms with Crippen LogP contribution in [0.3, 0.4) is 0 Å². The van der Waals surface area contributed by atoms with Crippen LogP contribution in [0.2, 0.25) is 0 Å². The van der Waals surface area contributed by atoms with Crippen molar-refractivity contribution >= 4 is 17.6 Å². The summed E-state index contributed by atoms with van der Waals surface area (Å²) in [5.41, 5.74) is 2.44. The first kappa shape index (κ1) is 31.4. The number of carbonyl (C=O) groups is 1. The van der Waals surface area contributed by atoms with Crippen molar-refractivity contribution in [3.63, 3.8) is 0 Å². The Balaban J connectivity index is 1.33. The molecule has 0 aromatic heterocycles. The summed E-state index contributed by atoms with van der Waals surface area (Å²) >= 11 is 6.47. The number of allylic oxidation sites excluding steroid dienone is 1. The summed E-state index contributed by atoms with van der Waals surface area (Å²) in [6.07, 6.45) is 23.6. The molecule has 0 heterocycles. The van der Waals surface area contributed by atoms with Gasteiger partial charge in [-0.1, -0.05) is 105 Å². The highest BCUT2D eigenvalue weighted by molar-refractivity contribution is 6.29. The van der Waals surface area contributed by atoms with E-state index in [1.165, 1.54) is 83.5 Å². The van der Waals surface area contributed by atoms with E-state index in [1.807, 2.05) is 0 Å². The smallest absolute Gasteiger partial charge is 0.324 e. The average molecular weight is 561 g/mol. The van der Waals surface area contributed by atoms with Crippen molar-refractivity contribution < 1.29 is 9.53 Å². The summed E-state index contributed by atoms with van der Waals surface area (Å²) in [4.78, 5) is 12.8. The first-order valence-corrected chi connectivity index (χ1v) is 17.6. The standard InChI is InChI=1S/C36H61ClO2/c1-7-8-9-10-11-15-33(37)34(38)39-28-20-22-35(5)27(24-28)16-17-29-31-19-18-30(26(4)14-12-13-25(2)3)36(31,6)23-21-32(29)35/h16,25-26,28-33H,7-15,17-24H2,1-6H3/t26-,28+,29-,30+,31-,32-,33+,35-,36+/m0/s1. The van der Waals surface area contributed by atoms with E-state index in [4.69, 9.17) is 16.3 Å². The molecule has 4 rings (SSSR count). The maximum Gasteiger partial charge on any atom is 0.324 e.